The predicted molar refractivity (Wildman–Crippen MR) is 124 cm³/mol. The average molecular weight is 429 g/mol. The van der Waals surface area contributed by atoms with Gasteiger partial charge in [0, 0.05) is 23.2 Å². The maximum absolute atomic E-state index is 10.4. The Morgan fingerprint density at radius 3 is 2.32 bits per heavy atom. The van der Waals surface area contributed by atoms with Gasteiger partial charge in [-0.2, -0.15) is 0 Å². The molecule has 3 heteroatoms. The van der Waals surface area contributed by atoms with Gasteiger partial charge in [-0.25, -0.2) is 9.78 Å². The maximum atomic E-state index is 10.4. The molecule has 6 rings (SSSR count). The largest absolute Gasteiger partial charge is 0.393 e. The molecule has 2 heterocycles. The third kappa shape index (κ3) is 2.81. The van der Waals surface area contributed by atoms with E-state index in [1.807, 2.05) is 0 Å². The summed E-state index contributed by atoms with van der Waals surface area (Å²) >= 11 is 0. The SMILES string of the molecule is CC(C)C(C)C=CC(C)C1CCC2(C)C1CCC1C3(C)CCC(O)CC34C=CC12OO4. The fourth-order valence-corrected chi connectivity index (χ4v) is 8.58. The summed E-state index contributed by atoms with van der Waals surface area (Å²) in [5.74, 6) is 3.82. The van der Waals surface area contributed by atoms with Crippen LogP contribution < -0.4 is 0 Å². The Hall–Kier alpha value is -0.640. The van der Waals surface area contributed by atoms with Crippen LogP contribution in [0.3, 0.4) is 0 Å². The summed E-state index contributed by atoms with van der Waals surface area (Å²) in [6.07, 6.45) is 17.0. The molecule has 0 aromatic heterocycles. The highest BCUT2D eigenvalue weighted by atomic mass is 17.2. The van der Waals surface area contributed by atoms with E-state index in [-0.39, 0.29) is 22.5 Å². The van der Waals surface area contributed by atoms with Crippen LogP contribution in [0, 0.1) is 46.3 Å². The van der Waals surface area contributed by atoms with Gasteiger partial charge in [0.1, 0.15) is 11.2 Å². The van der Waals surface area contributed by atoms with Crippen LogP contribution in [0.1, 0.15) is 86.5 Å². The van der Waals surface area contributed by atoms with Gasteiger partial charge >= 0.3 is 0 Å². The number of aliphatic hydroxyl groups is 1. The number of hydrogen-bond acceptors (Lipinski definition) is 3. The topological polar surface area (TPSA) is 38.7 Å². The lowest BCUT2D eigenvalue weighted by Crippen LogP contribution is -2.74. The zero-order chi connectivity index (χ0) is 22.2. The van der Waals surface area contributed by atoms with E-state index in [4.69, 9.17) is 9.78 Å². The fraction of sp³-hybridized carbons (Fsp3) is 0.857. The van der Waals surface area contributed by atoms with Gasteiger partial charge in [-0.05, 0) is 80.3 Å². The minimum absolute atomic E-state index is 0.0590. The Balaban J connectivity index is 1.45. The van der Waals surface area contributed by atoms with Crippen molar-refractivity contribution in [1.29, 1.82) is 0 Å². The number of aliphatic hydroxyl groups excluding tert-OH is 1. The van der Waals surface area contributed by atoms with Crippen LogP contribution in [0.4, 0.5) is 0 Å². The monoisotopic (exact) mass is 428 g/mol. The van der Waals surface area contributed by atoms with Crippen LogP contribution >= 0.6 is 0 Å². The quantitative estimate of drug-likeness (QED) is 0.412. The maximum Gasteiger partial charge on any atom is 0.131 e. The molecular weight excluding hydrogens is 384 g/mol. The molecule has 0 aromatic carbocycles. The lowest BCUT2D eigenvalue weighted by molar-refractivity contribution is -0.504. The first-order chi connectivity index (χ1) is 14.6. The van der Waals surface area contributed by atoms with Crippen LogP contribution in [0.25, 0.3) is 0 Å². The fourth-order valence-electron chi connectivity index (χ4n) is 8.58. The van der Waals surface area contributed by atoms with Gasteiger partial charge in [0.15, 0.2) is 0 Å². The molecule has 0 radical (unpaired) electrons. The lowest BCUT2D eigenvalue weighted by atomic mass is 9.41. The molecule has 1 N–H and O–H groups in total. The van der Waals surface area contributed by atoms with E-state index in [2.05, 4.69) is 65.8 Å². The molecule has 0 aromatic rings. The van der Waals surface area contributed by atoms with E-state index in [1.165, 1.54) is 25.7 Å². The highest BCUT2D eigenvalue weighted by molar-refractivity contribution is 5.34. The highest BCUT2D eigenvalue weighted by Gasteiger charge is 2.75. The summed E-state index contributed by atoms with van der Waals surface area (Å²) in [7, 11) is 0. The first kappa shape index (κ1) is 22.2. The van der Waals surface area contributed by atoms with E-state index in [9.17, 15) is 5.11 Å². The van der Waals surface area contributed by atoms with Gasteiger partial charge in [-0.15, -0.1) is 0 Å². The summed E-state index contributed by atoms with van der Waals surface area (Å²) in [6.45, 7) is 14.3. The van der Waals surface area contributed by atoms with Crippen molar-refractivity contribution in [3.05, 3.63) is 24.3 Å². The Morgan fingerprint density at radius 2 is 1.65 bits per heavy atom. The van der Waals surface area contributed by atoms with Crippen LogP contribution in [0.5, 0.6) is 0 Å². The Bertz CT molecular complexity index is 772. The van der Waals surface area contributed by atoms with Crippen molar-refractivity contribution in [2.75, 3.05) is 0 Å². The van der Waals surface area contributed by atoms with Crippen molar-refractivity contribution in [2.45, 2.75) is 104 Å². The van der Waals surface area contributed by atoms with Gasteiger partial charge in [0.2, 0.25) is 0 Å². The van der Waals surface area contributed by atoms with Crippen molar-refractivity contribution < 1.29 is 14.9 Å². The molecule has 1 saturated heterocycles. The molecular formula is C28H44O3. The summed E-state index contributed by atoms with van der Waals surface area (Å²) < 4.78 is 0. The second kappa shape index (κ2) is 7.18. The van der Waals surface area contributed by atoms with Crippen molar-refractivity contribution in [3.63, 3.8) is 0 Å². The number of hydrogen-bond donors (Lipinski definition) is 1. The second-order valence-electron chi connectivity index (χ2n) is 12.7. The smallest absolute Gasteiger partial charge is 0.131 e. The number of allylic oxidation sites excluding steroid dienone is 2. The van der Waals surface area contributed by atoms with Crippen molar-refractivity contribution >= 4 is 0 Å². The Morgan fingerprint density at radius 1 is 0.903 bits per heavy atom. The molecule has 2 spiro atoms. The Labute approximate surface area is 189 Å². The molecule has 4 aliphatic carbocycles. The molecule has 10 atom stereocenters. The van der Waals surface area contributed by atoms with Gasteiger partial charge in [-0.1, -0.05) is 53.7 Å². The van der Waals surface area contributed by atoms with Crippen LogP contribution in [0.2, 0.25) is 0 Å². The van der Waals surface area contributed by atoms with Crippen LogP contribution in [-0.4, -0.2) is 22.4 Å². The molecule has 31 heavy (non-hydrogen) atoms. The van der Waals surface area contributed by atoms with E-state index in [0.717, 1.165) is 18.8 Å². The van der Waals surface area contributed by atoms with Gasteiger partial charge in [0.05, 0.1) is 6.10 Å². The summed E-state index contributed by atoms with van der Waals surface area (Å²) in [6, 6.07) is 0. The third-order valence-electron chi connectivity index (χ3n) is 11.2. The van der Waals surface area contributed by atoms with E-state index in [1.54, 1.807) is 0 Å². The molecule has 3 nitrogen and oxygen atoms in total. The molecule has 174 valence electrons. The molecule has 2 aliphatic heterocycles. The minimum Gasteiger partial charge on any atom is -0.393 e. The standard InChI is InChI=1S/C28H44O3/c1-18(2)19(3)7-8-20(4)22-12-14-25(5)23(22)9-10-24-26(6)13-11-21(29)17-27(26)15-16-28(24,25)31-30-27/h7-8,15-16,18-24,29H,9-14,17H2,1-6H3. The first-order valence-electron chi connectivity index (χ1n) is 13.0. The van der Waals surface area contributed by atoms with Crippen LogP contribution in [0.15, 0.2) is 24.3 Å². The second-order valence-corrected chi connectivity index (χ2v) is 12.7. The highest BCUT2D eigenvalue weighted by Crippen LogP contribution is 2.73. The summed E-state index contributed by atoms with van der Waals surface area (Å²) in [5.41, 5.74) is -0.572. The molecule has 6 aliphatic rings. The predicted octanol–water partition coefficient (Wildman–Crippen LogP) is 6.47. The average Bonchev–Trinajstić information content (AvgIpc) is 3.09. The van der Waals surface area contributed by atoms with Gasteiger partial charge in [0.25, 0.3) is 0 Å². The number of rotatable bonds is 4. The van der Waals surface area contributed by atoms with Gasteiger partial charge in [-0.3, -0.25) is 0 Å². The zero-order valence-corrected chi connectivity index (χ0v) is 20.6. The molecule has 3 saturated carbocycles. The van der Waals surface area contributed by atoms with E-state index in [0.29, 0.717) is 36.0 Å². The van der Waals surface area contributed by atoms with Crippen molar-refractivity contribution in [3.8, 4) is 0 Å². The zero-order valence-electron chi connectivity index (χ0n) is 20.6. The third-order valence-corrected chi connectivity index (χ3v) is 11.2. The normalized spacial score (nSPS) is 52.8. The lowest BCUT2D eigenvalue weighted by Gasteiger charge is -2.70. The molecule has 10 unspecified atom stereocenters. The first-order valence-corrected chi connectivity index (χ1v) is 13.0. The summed E-state index contributed by atoms with van der Waals surface area (Å²) in [5, 5.41) is 10.4. The minimum atomic E-state index is -0.443. The van der Waals surface area contributed by atoms with E-state index < -0.39 is 5.60 Å². The van der Waals surface area contributed by atoms with E-state index >= 15 is 0 Å². The summed E-state index contributed by atoms with van der Waals surface area (Å²) in [4.78, 5) is 12.8. The molecule has 4 fully saturated rings. The Kier molecular flexibility index (Phi) is 5.13. The van der Waals surface area contributed by atoms with Crippen molar-refractivity contribution in [1.82, 2.24) is 0 Å². The molecule has 0 amide bonds. The van der Waals surface area contributed by atoms with Crippen LogP contribution in [-0.2, 0) is 9.78 Å². The number of fused-ring (bicyclic) bond motifs is 2. The van der Waals surface area contributed by atoms with Crippen molar-refractivity contribution in [2.24, 2.45) is 46.3 Å². The van der Waals surface area contributed by atoms with Gasteiger partial charge < -0.3 is 5.11 Å². The molecule has 2 bridgehead atoms.